The van der Waals surface area contributed by atoms with Crippen LogP contribution in [0.5, 0.6) is 0 Å². The summed E-state index contributed by atoms with van der Waals surface area (Å²) in [5.74, 6) is -0.914. The molecule has 0 bridgehead atoms. The quantitative estimate of drug-likeness (QED) is 0.458. The van der Waals surface area contributed by atoms with E-state index >= 15 is 0 Å². The second-order valence-electron chi connectivity index (χ2n) is 6.82. The maximum Gasteiger partial charge on any atom is 0.323 e. The molecule has 1 heterocycles. The molecule has 1 saturated heterocycles. The molecule has 0 spiro atoms. The lowest BCUT2D eigenvalue weighted by atomic mass is 10.1. The Morgan fingerprint density at radius 3 is 2.52 bits per heavy atom. The van der Waals surface area contributed by atoms with Crippen LogP contribution in [0, 0.1) is 3.57 Å². The van der Waals surface area contributed by atoms with E-state index in [1.165, 1.54) is 36.0 Å². The van der Waals surface area contributed by atoms with Crippen LogP contribution in [0.2, 0.25) is 0 Å². The molecule has 1 fully saturated rings. The molecule has 7 nitrogen and oxygen atoms in total. The van der Waals surface area contributed by atoms with E-state index in [1.54, 1.807) is 18.2 Å². The summed E-state index contributed by atoms with van der Waals surface area (Å²) in [6.07, 6.45) is 0.563. The second kappa shape index (κ2) is 10.2. The fraction of sp³-hybridized carbons (Fsp3) is 0.300. The van der Waals surface area contributed by atoms with Gasteiger partial charge in [0.25, 0.3) is 5.91 Å². The lowest BCUT2D eigenvalue weighted by Gasteiger charge is -2.37. The maximum atomic E-state index is 13.1. The van der Waals surface area contributed by atoms with Gasteiger partial charge in [0.05, 0.1) is 4.90 Å². The Hall–Kier alpha value is -1.15. The molecule has 1 aliphatic rings. The maximum absolute atomic E-state index is 13.1. The lowest BCUT2D eigenvalue weighted by molar-refractivity contribution is -0.141. The second-order valence-corrected chi connectivity index (χ2v) is 12.1. The number of hydrogen-bond acceptors (Lipinski definition) is 5. The zero-order chi connectivity index (χ0) is 22.8. The van der Waals surface area contributed by atoms with Crippen LogP contribution in [0.15, 0.2) is 51.8 Å². The average molecular weight is 639 g/mol. The number of rotatable bonds is 6. The van der Waals surface area contributed by atoms with E-state index in [4.69, 9.17) is 0 Å². The van der Waals surface area contributed by atoms with Crippen molar-refractivity contribution in [1.82, 2.24) is 4.31 Å². The molecule has 2 N–H and O–H groups in total. The molecule has 2 aromatic rings. The van der Waals surface area contributed by atoms with E-state index in [0.29, 0.717) is 23.4 Å². The van der Waals surface area contributed by atoms with Crippen LogP contribution < -0.4 is 5.32 Å². The molecule has 1 amide bonds. The molecule has 31 heavy (non-hydrogen) atoms. The van der Waals surface area contributed by atoms with Crippen LogP contribution >= 0.6 is 50.3 Å². The Balaban J connectivity index is 1.80. The highest BCUT2D eigenvalue weighted by Gasteiger charge is 2.43. The molecule has 11 heteroatoms. The lowest BCUT2D eigenvalue weighted by Crippen LogP contribution is -2.54. The van der Waals surface area contributed by atoms with Crippen molar-refractivity contribution in [3.05, 3.63) is 56.1 Å². The van der Waals surface area contributed by atoms with E-state index in [9.17, 15) is 23.1 Å². The number of carboxylic acids is 1. The third-order valence-corrected chi connectivity index (χ3v) is 10.5. The minimum absolute atomic E-state index is 0.00306. The third-order valence-electron chi connectivity index (χ3n) is 4.86. The number of amides is 1. The molecule has 166 valence electrons. The van der Waals surface area contributed by atoms with Crippen LogP contribution in [-0.2, 0) is 14.8 Å². The molecule has 3 rings (SSSR count). The van der Waals surface area contributed by atoms with Crippen molar-refractivity contribution in [3.8, 4) is 0 Å². The highest BCUT2D eigenvalue weighted by atomic mass is 127. The molecular weight excluding hydrogens is 619 g/mol. The van der Waals surface area contributed by atoms with E-state index < -0.39 is 22.0 Å². The van der Waals surface area contributed by atoms with Gasteiger partial charge in [0.1, 0.15) is 6.04 Å². The van der Waals surface area contributed by atoms with Gasteiger partial charge in [-0.3, -0.25) is 9.59 Å². The topological polar surface area (TPSA) is 104 Å². The van der Waals surface area contributed by atoms with E-state index in [2.05, 4.69) is 43.8 Å². The first-order valence-corrected chi connectivity index (χ1v) is 13.7. The molecule has 0 aliphatic carbocycles. The summed E-state index contributed by atoms with van der Waals surface area (Å²) in [4.78, 5) is 24.3. The smallest absolute Gasteiger partial charge is 0.323 e. The fourth-order valence-electron chi connectivity index (χ4n) is 3.29. The number of carbonyl (C=O) groups excluding carboxylic acids is 1. The molecule has 0 aromatic heterocycles. The third kappa shape index (κ3) is 5.44. The molecule has 1 aliphatic heterocycles. The van der Waals surface area contributed by atoms with Crippen molar-refractivity contribution in [2.45, 2.75) is 29.5 Å². The number of thioether (sulfide) groups is 1. The summed E-state index contributed by atoms with van der Waals surface area (Å²) in [7, 11) is -3.99. The van der Waals surface area contributed by atoms with Crippen LogP contribution in [-0.4, -0.2) is 53.3 Å². The van der Waals surface area contributed by atoms with Crippen LogP contribution in [0.25, 0.3) is 0 Å². The number of carbonyl (C=O) groups is 2. The van der Waals surface area contributed by atoms with Gasteiger partial charge < -0.3 is 10.4 Å². The zero-order valence-corrected chi connectivity index (χ0v) is 21.8. The van der Waals surface area contributed by atoms with Gasteiger partial charge in [-0.05, 0) is 87.4 Å². The Morgan fingerprint density at radius 2 is 1.94 bits per heavy atom. The molecule has 0 saturated carbocycles. The number of halogens is 2. The minimum atomic E-state index is -3.99. The largest absolute Gasteiger partial charge is 0.480 e. The Morgan fingerprint density at radius 1 is 1.26 bits per heavy atom. The predicted molar refractivity (Wildman–Crippen MR) is 133 cm³/mol. The van der Waals surface area contributed by atoms with E-state index in [-0.39, 0.29) is 22.6 Å². The van der Waals surface area contributed by atoms with Crippen molar-refractivity contribution < 1.29 is 23.1 Å². The van der Waals surface area contributed by atoms with Gasteiger partial charge in [-0.2, -0.15) is 16.1 Å². The summed E-state index contributed by atoms with van der Waals surface area (Å²) in [6.45, 7) is 1.99. The standard InChI is InChI=1S/C20H20BrIN2O5S2/c1-2-17-18(20(26)27)24(9-10-30-17)31(28,29)14-6-4-13(5-7-14)23-19(25)12-3-8-15(21)16(22)11-12/h3-8,11,17-18H,2,9-10H2,1H3,(H,23,25)(H,26,27). The number of nitrogens with one attached hydrogen (secondary N) is 1. The van der Waals surface area contributed by atoms with Gasteiger partial charge in [0.15, 0.2) is 0 Å². The summed E-state index contributed by atoms with van der Waals surface area (Å²) >= 11 is 6.99. The molecular formula is C20H20BrIN2O5S2. The first kappa shape index (κ1) is 24.5. The summed E-state index contributed by atoms with van der Waals surface area (Å²) in [5.41, 5.74) is 0.919. The van der Waals surface area contributed by atoms with Gasteiger partial charge in [-0.15, -0.1) is 0 Å². The number of nitrogens with zero attached hydrogens (tertiary/aromatic N) is 1. The van der Waals surface area contributed by atoms with Crippen LogP contribution in [0.3, 0.4) is 0 Å². The molecule has 2 aromatic carbocycles. The van der Waals surface area contributed by atoms with Crippen molar-refractivity contribution in [2.75, 3.05) is 17.6 Å². The van der Waals surface area contributed by atoms with Crippen molar-refractivity contribution in [2.24, 2.45) is 0 Å². The highest BCUT2D eigenvalue weighted by Crippen LogP contribution is 2.32. The Kier molecular flexibility index (Phi) is 8.05. The van der Waals surface area contributed by atoms with Crippen LogP contribution in [0.1, 0.15) is 23.7 Å². The fourth-order valence-corrected chi connectivity index (χ4v) is 7.15. The number of anilines is 1. The number of hydrogen-bond donors (Lipinski definition) is 2. The Bertz CT molecular complexity index is 1100. The number of aliphatic carboxylic acids is 1. The Labute approximate surface area is 207 Å². The highest BCUT2D eigenvalue weighted by molar-refractivity contribution is 14.1. The predicted octanol–water partition coefficient (Wildman–Crippen LogP) is 4.28. The van der Waals surface area contributed by atoms with Crippen molar-refractivity contribution in [1.29, 1.82) is 0 Å². The van der Waals surface area contributed by atoms with E-state index in [1.807, 2.05) is 6.92 Å². The zero-order valence-electron chi connectivity index (χ0n) is 16.4. The van der Waals surface area contributed by atoms with E-state index in [0.717, 1.165) is 12.3 Å². The van der Waals surface area contributed by atoms with Gasteiger partial charge >= 0.3 is 5.97 Å². The SMILES string of the molecule is CCC1SCCN(S(=O)(=O)c2ccc(NC(=O)c3ccc(Br)c(I)c3)cc2)C1C(=O)O. The number of carboxylic acid groups (broad SMARTS) is 1. The minimum Gasteiger partial charge on any atom is -0.480 e. The normalized spacial score (nSPS) is 19.7. The molecule has 0 radical (unpaired) electrons. The summed E-state index contributed by atoms with van der Waals surface area (Å²) < 4.78 is 29.2. The average Bonchev–Trinajstić information content (AvgIpc) is 2.75. The number of benzene rings is 2. The first-order valence-electron chi connectivity index (χ1n) is 9.38. The van der Waals surface area contributed by atoms with Gasteiger partial charge in [-0.1, -0.05) is 6.92 Å². The summed E-state index contributed by atoms with van der Waals surface area (Å²) in [6, 6.07) is 9.88. The molecule has 2 unspecified atom stereocenters. The monoisotopic (exact) mass is 638 g/mol. The first-order chi connectivity index (χ1) is 14.6. The molecule has 2 atom stereocenters. The summed E-state index contributed by atoms with van der Waals surface area (Å²) in [5, 5.41) is 12.1. The van der Waals surface area contributed by atoms with Gasteiger partial charge in [0, 0.05) is 36.8 Å². The van der Waals surface area contributed by atoms with Gasteiger partial charge in [0.2, 0.25) is 10.0 Å². The number of sulfonamides is 1. The van der Waals surface area contributed by atoms with Gasteiger partial charge in [-0.25, -0.2) is 8.42 Å². The van der Waals surface area contributed by atoms with Crippen molar-refractivity contribution in [3.63, 3.8) is 0 Å². The van der Waals surface area contributed by atoms with Crippen molar-refractivity contribution >= 4 is 77.9 Å². The van der Waals surface area contributed by atoms with Crippen LogP contribution in [0.4, 0.5) is 5.69 Å².